The minimum atomic E-state index is 0.659. The fraction of sp³-hybridized carbons (Fsp3) is 0.923. The van der Waals surface area contributed by atoms with Gasteiger partial charge >= 0.3 is 0 Å². The molecule has 0 amide bonds. The zero-order valence-electron chi connectivity index (χ0n) is 12.5. The highest BCUT2D eigenvalue weighted by molar-refractivity contribution is 5.79. The fourth-order valence-corrected chi connectivity index (χ4v) is 1.36. The van der Waals surface area contributed by atoms with Gasteiger partial charge in [-0.3, -0.25) is 4.99 Å². The summed E-state index contributed by atoms with van der Waals surface area (Å²) in [6.45, 7) is 7.26. The third-order valence-electron chi connectivity index (χ3n) is 2.34. The number of hydrogen-bond donors (Lipinski definition) is 2. The molecular formula is C13H29N3O3. The largest absolute Gasteiger partial charge is 0.383 e. The minimum Gasteiger partial charge on any atom is -0.383 e. The van der Waals surface area contributed by atoms with Gasteiger partial charge in [0.25, 0.3) is 0 Å². The molecule has 0 aliphatic rings. The summed E-state index contributed by atoms with van der Waals surface area (Å²) in [6.07, 6.45) is 2.04. The highest BCUT2D eigenvalue weighted by Crippen LogP contribution is 1.91. The molecule has 0 aliphatic carbocycles. The Kier molecular flexibility index (Phi) is 14.5. The maximum Gasteiger partial charge on any atom is 0.191 e. The van der Waals surface area contributed by atoms with E-state index in [2.05, 4.69) is 22.5 Å². The van der Waals surface area contributed by atoms with Gasteiger partial charge in [0.1, 0.15) is 0 Å². The maximum absolute atomic E-state index is 5.39. The fourth-order valence-electron chi connectivity index (χ4n) is 1.36. The second-order valence-electron chi connectivity index (χ2n) is 3.99. The number of hydrogen-bond acceptors (Lipinski definition) is 4. The van der Waals surface area contributed by atoms with E-state index in [0.717, 1.165) is 45.0 Å². The van der Waals surface area contributed by atoms with E-state index in [0.29, 0.717) is 19.8 Å². The molecule has 0 spiro atoms. The van der Waals surface area contributed by atoms with E-state index in [-0.39, 0.29) is 0 Å². The van der Waals surface area contributed by atoms with Gasteiger partial charge in [-0.15, -0.1) is 0 Å². The van der Waals surface area contributed by atoms with Crippen LogP contribution in [-0.2, 0) is 14.2 Å². The van der Waals surface area contributed by atoms with Crippen LogP contribution in [0.4, 0.5) is 0 Å². The van der Waals surface area contributed by atoms with Crippen LogP contribution < -0.4 is 10.6 Å². The Labute approximate surface area is 116 Å². The molecule has 0 unspecified atom stereocenters. The molecule has 0 aromatic rings. The molecule has 0 saturated carbocycles. The number of aliphatic imine (C=N–C) groups is 1. The lowest BCUT2D eigenvalue weighted by Gasteiger charge is -2.10. The summed E-state index contributed by atoms with van der Waals surface area (Å²) < 4.78 is 15.3. The Morgan fingerprint density at radius 1 is 0.947 bits per heavy atom. The smallest absolute Gasteiger partial charge is 0.191 e. The zero-order chi connectivity index (χ0) is 14.2. The normalized spacial score (nSPS) is 11.6. The summed E-state index contributed by atoms with van der Waals surface area (Å²) in [5.41, 5.74) is 0. The molecule has 0 fully saturated rings. The molecule has 0 bridgehead atoms. The highest BCUT2D eigenvalue weighted by atomic mass is 16.5. The minimum absolute atomic E-state index is 0.659. The number of nitrogens with zero attached hydrogens (tertiary/aromatic N) is 1. The first-order chi connectivity index (χ1) is 9.35. The number of nitrogens with one attached hydrogen (secondary N) is 2. The van der Waals surface area contributed by atoms with Crippen LogP contribution in [0.5, 0.6) is 0 Å². The van der Waals surface area contributed by atoms with Crippen molar-refractivity contribution in [1.29, 1.82) is 0 Å². The van der Waals surface area contributed by atoms with E-state index < -0.39 is 0 Å². The van der Waals surface area contributed by atoms with Crippen LogP contribution in [0.3, 0.4) is 0 Å². The van der Waals surface area contributed by atoms with Crippen molar-refractivity contribution in [2.45, 2.75) is 19.8 Å². The van der Waals surface area contributed by atoms with E-state index in [1.165, 1.54) is 0 Å². The first-order valence-electron chi connectivity index (χ1n) is 6.93. The number of methoxy groups -OCH3 is 2. The first-order valence-corrected chi connectivity index (χ1v) is 6.93. The van der Waals surface area contributed by atoms with Gasteiger partial charge in [-0.2, -0.15) is 0 Å². The van der Waals surface area contributed by atoms with Crippen LogP contribution in [0.25, 0.3) is 0 Å². The average molecular weight is 275 g/mol. The van der Waals surface area contributed by atoms with Crippen LogP contribution in [0, 0.1) is 0 Å². The van der Waals surface area contributed by atoms with Crippen molar-refractivity contribution in [3.63, 3.8) is 0 Å². The summed E-state index contributed by atoms with van der Waals surface area (Å²) >= 11 is 0. The Hall–Kier alpha value is -0.850. The third-order valence-corrected chi connectivity index (χ3v) is 2.34. The molecule has 114 valence electrons. The topological polar surface area (TPSA) is 64.1 Å². The summed E-state index contributed by atoms with van der Waals surface area (Å²) in [4.78, 5) is 4.48. The van der Waals surface area contributed by atoms with Crippen molar-refractivity contribution in [3.05, 3.63) is 0 Å². The van der Waals surface area contributed by atoms with Gasteiger partial charge in [-0.25, -0.2) is 0 Å². The number of ether oxygens (including phenoxy) is 3. The summed E-state index contributed by atoms with van der Waals surface area (Å²) in [5, 5.41) is 6.40. The number of guanidine groups is 1. The van der Waals surface area contributed by atoms with Crippen molar-refractivity contribution >= 4 is 5.96 Å². The van der Waals surface area contributed by atoms with Crippen molar-refractivity contribution < 1.29 is 14.2 Å². The van der Waals surface area contributed by atoms with Crippen LogP contribution in [0.2, 0.25) is 0 Å². The molecule has 0 heterocycles. The monoisotopic (exact) mass is 275 g/mol. The predicted octanol–water partition coefficient (Wildman–Crippen LogP) is 0.631. The molecule has 19 heavy (non-hydrogen) atoms. The number of rotatable bonds is 12. The molecule has 0 atom stereocenters. The van der Waals surface area contributed by atoms with E-state index in [1.54, 1.807) is 14.2 Å². The van der Waals surface area contributed by atoms with Gasteiger partial charge in [0, 0.05) is 40.5 Å². The zero-order valence-corrected chi connectivity index (χ0v) is 12.5. The summed E-state index contributed by atoms with van der Waals surface area (Å²) in [5.74, 6) is 0.847. The summed E-state index contributed by atoms with van der Waals surface area (Å²) in [7, 11) is 3.37. The lowest BCUT2D eigenvalue weighted by molar-refractivity contribution is 0.0690. The van der Waals surface area contributed by atoms with Gasteiger partial charge in [0.15, 0.2) is 5.96 Å². The van der Waals surface area contributed by atoms with Crippen LogP contribution in [0.15, 0.2) is 4.99 Å². The second-order valence-corrected chi connectivity index (χ2v) is 3.99. The molecule has 6 nitrogen and oxygen atoms in total. The molecule has 0 aromatic carbocycles. The Balaban J connectivity index is 3.55. The third kappa shape index (κ3) is 13.4. The quantitative estimate of drug-likeness (QED) is 0.311. The molecule has 0 saturated heterocycles. The Bertz CT molecular complexity index is 213. The molecule has 0 aromatic heterocycles. The van der Waals surface area contributed by atoms with E-state index >= 15 is 0 Å². The van der Waals surface area contributed by atoms with Crippen molar-refractivity contribution in [1.82, 2.24) is 10.6 Å². The van der Waals surface area contributed by atoms with Crippen molar-refractivity contribution in [2.24, 2.45) is 4.99 Å². The standard InChI is InChI=1S/C13H29N3O3/c1-4-14-13(16-8-10-17-2)15-7-5-6-9-19-12-11-18-3/h4-12H2,1-3H3,(H2,14,15,16). The molecule has 0 aliphatic heterocycles. The van der Waals surface area contributed by atoms with E-state index in [9.17, 15) is 0 Å². The first kappa shape index (κ1) is 18.1. The van der Waals surface area contributed by atoms with Gasteiger partial charge in [-0.05, 0) is 19.8 Å². The van der Waals surface area contributed by atoms with Gasteiger partial charge < -0.3 is 24.8 Å². The Morgan fingerprint density at radius 2 is 1.74 bits per heavy atom. The average Bonchev–Trinajstić information content (AvgIpc) is 2.42. The van der Waals surface area contributed by atoms with Crippen LogP contribution in [0.1, 0.15) is 19.8 Å². The second kappa shape index (κ2) is 15.2. The van der Waals surface area contributed by atoms with Gasteiger partial charge in [0.2, 0.25) is 0 Å². The molecule has 2 N–H and O–H groups in total. The SMILES string of the molecule is CCNC(=NCCCCOCCOC)NCCOC. The molecule has 0 radical (unpaired) electrons. The van der Waals surface area contributed by atoms with Gasteiger partial charge in [-0.1, -0.05) is 0 Å². The van der Waals surface area contributed by atoms with Crippen LogP contribution >= 0.6 is 0 Å². The Morgan fingerprint density at radius 3 is 2.42 bits per heavy atom. The lowest BCUT2D eigenvalue weighted by Crippen LogP contribution is -2.39. The number of unbranched alkanes of at least 4 members (excludes halogenated alkanes) is 1. The van der Waals surface area contributed by atoms with Crippen LogP contribution in [-0.4, -0.2) is 66.2 Å². The molecule has 0 rings (SSSR count). The summed E-state index contributed by atoms with van der Waals surface area (Å²) in [6, 6.07) is 0. The maximum atomic E-state index is 5.39. The van der Waals surface area contributed by atoms with Crippen molar-refractivity contribution in [3.8, 4) is 0 Å². The molecular weight excluding hydrogens is 246 g/mol. The van der Waals surface area contributed by atoms with Crippen molar-refractivity contribution in [2.75, 3.05) is 60.3 Å². The molecule has 6 heteroatoms. The van der Waals surface area contributed by atoms with E-state index in [4.69, 9.17) is 14.2 Å². The highest BCUT2D eigenvalue weighted by Gasteiger charge is 1.95. The predicted molar refractivity (Wildman–Crippen MR) is 77.8 cm³/mol. The van der Waals surface area contributed by atoms with Gasteiger partial charge in [0.05, 0.1) is 19.8 Å². The lowest BCUT2D eigenvalue weighted by atomic mass is 10.3. The van der Waals surface area contributed by atoms with E-state index in [1.807, 2.05) is 0 Å².